The highest BCUT2D eigenvalue weighted by atomic mass is 28.4. The first-order chi connectivity index (χ1) is 8.30. The zero-order chi connectivity index (χ0) is 13.8. The lowest BCUT2D eigenvalue weighted by atomic mass is 10.0. The number of rotatable bonds is 9. The minimum Gasteiger partial charge on any atom is -0.410 e. The first kappa shape index (κ1) is 16.2. The summed E-state index contributed by atoms with van der Waals surface area (Å²) < 4.78 is 17.6. The van der Waals surface area contributed by atoms with Crippen LogP contribution < -0.4 is 0 Å². The van der Waals surface area contributed by atoms with Gasteiger partial charge in [0.05, 0.1) is 24.0 Å². The third-order valence-electron chi connectivity index (χ3n) is 3.52. The predicted octanol–water partition coefficient (Wildman–Crippen LogP) is 3.52. The quantitative estimate of drug-likeness (QED) is 0.476. The molecule has 0 aromatic heterocycles. The maximum absolute atomic E-state index is 6.47. The van der Waals surface area contributed by atoms with Gasteiger partial charge in [-0.15, -0.1) is 0 Å². The van der Waals surface area contributed by atoms with E-state index in [2.05, 4.69) is 40.8 Å². The summed E-state index contributed by atoms with van der Waals surface area (Å²) in [6.45, 7) is 14.9. The molecule has 2 atom stereocenters. The molecule has 3 nitrogen and oxygen atoms in total. The van der Waals surface area contributed by atoms with Crippen molar-refractivity contribution >= 4 is 8.32 Å². The summed E-state index contributed by atoms with van der Waals surface area (Å²) in [6, 6.07) is 0. The van der Waals surface area contributed by atoms with Crippen LogP contribution in [0.4, 0.5) is 0 Å². The van der Waals surface area contributed by atoms with E-state index in [-0.39, 0.29) is 5.60 Å². The van der Waals surface area contributed by atoms with Gasteiger partial charge in [-0.05, 0) is 53.1 Å². The van der Waals surface area contributed by atoms with Crippen molar-refractivity contribution < 1.29 is 13.9 Å². The van der Waals surface area contributed by atoms with Gasteiger partial charge in [0.25, 0.3) is 0 Å². The largest absolute Gasteiger partial charge is 0.410 e. The molecule has 0 aromatic rings. The van der Waals surface area contributed by atoms with Crippen LogP contribution in [0.2, 0.25) is 13.1 Å². The third kappa shape index (κ3) is 5.39. The Hall–Kier alpha value is 0.0969. The zero-order valence-electron chi connectivity index (χ0n) is 12.9. The Morgan fingerprint density at radius 3 is 2.39 bits per heavy atom. The summed E-state index contributed by atoms with van der Waals surface area (Å²) in [7, 11) is -1.80. The van der Waals surface area contributed by atoms with Crippen LogP contribution in [0.3, 0.4) is 0 Å². The number of epoxide rings is 1. The number of hydrogen-bond donors (Lipinski definition) is 0. The molecular weight excluding hydrogens is 244 g/mol. The average Bonchev–Trinajstić information content (AvgIpc) is 3.05. The van der Waals surface area contributed by atoms with Crippen molar-refractivity contribution in [1.82, 2.24) is 0 Å². The molecule has 2 unspecified atom stereocenters. The normalized spacial score (nSPS) is 22.0. The molecule has 0 aliphatic carbocycles. The van der Waals surface area contributed by atoms with E-state index in [0.717, 1.165) is 32.5 Å². The Labute approximate surface area is 113 Å². The Kier molecular flexibility index (Phi) is 5.84. The molecule has 0 spiro atoms. The van der Waals surface area contributed by atoms with Crippen LogP contribution in [-0.2, 0) is 13.9 Å². The number of ether oxygens (including phenoxy) is 2. The lowest BCUT2D eigenvalue weighted by Crippen LogP contribution is -2.51. The second-order valence-electron chi connectivity index (χ2n) is 6.31. The molecule has 1 aliphatic heterocycles. The van der Waals surface area contributed by atoms with Gasteiger partial charge >= 0.3 is 0 Å². The fraction of sp³-hybridized carbons (Fsp3) is 1.00. The fourth-order valence-electron chi connectivity index (χ4n) is 2.58. The predicted molar refractivity (Wildman–Crippen MR) is 77.3 cm³/mol. The summed E-state index contributed by atoms with van der Waals surface area (Å²) in [5.41, 5.74) is 0.227. The van der Waals surface area contributed by atoms with E-state index in [1.54, 1.807) is 0 Å². The highest BCUT2D eigenvalue weighted by molar-refractivity contribution is 6.72. The molecule has 1 rings (SSSR count). The van der Waals surface area contributed by atoms with Gasteiger partial charge in [-0.2, -0.15) is 0 Å². The van der Waals surface area contributed by atoms with Crippen molar-refractivity contribution in [3.8, 4) is 0 Å². The van der Waals surface area contributed by atoms with Crippen LogP contribution in [0.25, 0.3) is 0 Å². The van der Waals surface area contributed by atoms with E-state index < -0.39 is 8.32 Å². The van der Waals surface area contributed by atoms with Gasteiger partial charge in [0.2, 0.25) is 8.32 Å². The Bertz CT molecular complexity index is 249. The van der Waals surface area contributed by atoms with Crippen molar-refractivity contribution in [2.75, 3.05) is 13.2 Å². The van der Waals surface area contributed by atoms with Crippen LogP contribution in [0.1, 0.15) is 47.0 Å². The van der Waals surface area contributed by atoms with Crippen LogP contribution >= 0.6 is 0 Å². The van der Waals surface area contributed by atoms with E-state index in [1.165, 1.54) is 0 Å². The summed E-state index contributed by atoms with van der Waals surface area (Å²) in [5.74, 6) is 0. The van der Waals surface area contributed by atoms with Gasteiger partial charge in [0.1, 0.15) is 0 Å². The van der Waals surface area contributed by atoms with Crippen LogP contribution in [0.5, 0.6) is 0 Å². The number of hydrogen-bond acceptors (Lipinski definition) is 3. The van der Waals surface area contributed by atoms with E-state index in [9.17, 15) is 0 Å². The standard InChI is InChI=1S/C14H30O3Si/c1-7-13(15-8-2)18(5,6)17-14(3,4)10-9-12-11-16-12/h12-13H,7-11H2,1-6H3. The van der Waals surface area contributed by atoms with Crippen LogP contribution in [0.15, 0.2) is 0 Å². The molecule has 108 valence electrons. The first-order valence-corrected chi connectivity index (χ1v) is 10.2. The monoisotopic (exact) mass is 274 g/mol. The van der Waals surface area contributed by atoms with Crippen molar-refractivity contribution in [1.29, 1.82) is 0 Å². The Morgan fingerprint density at radius 2 is 1.94 bits per heavy atom. The first-order valence-electron chi connectivity index (χ1n) is 7.24. The van der Waals surface area contributed by atoms with Crippen molar-refractivity contribution in [3.63, 3.8) is 0 Å². The molecule has 1 fully saturated rings. The maximum Gasteiger partial charge on any atom is 0.215 e. The maximum atomic E-state index is 6.47. The SMILES string of the molecule is CCOC(CC)[Si](C)(C)OC(C)(C)CCC1CO1. The van der Waals surface area contributed by atoms with Crippen molar-refractivity contribution in [3.05, 3.63) is 0 Å². The Balaban J connectivity index is 2.48. The molecule has 1 saturated heterocycles. The van der Waals surface area contributed by atoms with Gasteiger partial charge in [0.15, 0.2) is 0 Å². The van der Waals surface area contributed by atoms with Gasteiger partial charge < -0.3 is 13.9 Å². The second kappa shape index (κ2) is 6.50. The third-order valence-corrected chi connectivity index (χ3v) is 6.73. The molecule has 0 saturated carbocycles. The van der Waals surface area contributed by atoms with E-state index >= 15 is 0 Å². The average molecular weight is 274 g/mol. The van der Waals surface area contributed by atoms with E-state index in [0.29, 0.717) is 11.8 Å². The summed E-state index contributed by atoms with van der Waals surface area (Å²) in [4.78, 5) is 0. The molecule has 0 amide bonds. The van der Waals surface area contributed by atoms with Gasteiger partial charge in [0, 0.05) is 6.61 Å². The van der Waals surface area contributed by atoms with Crippen molar-refractivity contribution in [2.24, 2.45) is 0 Å². The highest BCUT2D eigenvalue weighted by Gasteiger charge is 2.39. The smallest absolute Gasteiger partial charge is 0.215 e. The van der Waals surface area contributed by atoms with Gasteiger partial charge in [-0.1, -0.05) is 6.92 Å². The summed E-state index contributed by atoms with van der Waals surface area (Å²) in [6.07, 6.45) is 3.71. The summed E-state index contributed by atoms with van der Waals surface area (Å²) >= 11 is 0. The second-order valence-corrected chi connectivity index (χ2v) is 10.4. The van der Waals surface area contributed by atoms with E-state index in [1.807, 2.05) is 0 Å². The minimum atomic E-state index is -1.80. The van der Waals surface area contributed by atoms with Crippen LogP contribution in [-0.4, -0.2) is 39.0 Å². The molecule has 0 aromatic carbocycles. The van der Waals surface area contributed by atoms with E-state index in [4.69, 9.17) is 13.9 Å². The molecule has 1 heterocycles. The van der Waals surface area contributed by atoms with Crippen molar-refractivity contribution in [2.45, 2.75) is 77.5 Å². The molecule has 0 N–H and O–H groups in total. The molecule has 1 aliphatic rings. The fourth-order valence-corrected chi connectivity index (χ4v) is 5.79. The van der Waals surface area contributed by atoms with Gasteiger partial charge in [-0.3, -0.25) is 0 Å². The molecule has 0 bridgehead atoms. The summed E-state index contributed by atoms with van der Waals surface area (Å²) in [5, 5.41) is 0. The topological polar surface area (TPSA) is 31.0 Å². The lowest BCUT2D eigenvalue weighted by molar-refractivity contribution is 0.0406. The zero-order valence-corrected chi connectivity index (χ0v) is 13.9. The van der Waals surface area contributed by atoms with Crippen LogP contribution in [0, 0.1) is 0 Å². The molecular formula is C14H30O3Si. The molecule has 4 heteroatoms. The lowest BCUT2D eigenvalue weighted by Gasteiger charge is -2.39. The molecule has 18 heavy (non-hydrogen) atoms. The highest BCUT2D eigenvalue weighted by Crippen LogP contribution is 2.29. The Morgan fingerprint density at radius 1 is 1.33 bits per heavy atom. The molecule has 0 radical (unpaired) electrons. The minimum absolute atomic E-state index is 0.0633. The van der Waals surface area contributed by atoms with Gasteiger partial charge in [-0.25, -0.2) is 0 Å².